The molecule has 2 aromatic heterocycles. The first-order chi connectivity index (χ1) is 14.2. The zero-order valence-electron chi connectivity index (χ0n) is 16.7. The van der Waals surface area contributed by atoms with Crippen LogP contribution in [0.4, 0.5) is 17.2 Å². The zero-order valence-corrected chi connectivity index (χ0v) is 17.5. The van der Waals surface area contributed by atoms with Gasteiger partial charge in [0.2, 0.25) is 5.91 Å². The van der Waals surface area contributed by atoms with Crippen LogP contribution < -0.4 is 10.6 Å². The summed E-state index contributed by atoms with van der Waals surface area (Å²) < 4.78 is 25.8. The predicted octanol–water partition coefficient (Wildman–Crippen LogP) is 2.94. The lowest BCUT2D eigenvalue weighted by atomic mass is 10.1. The number of sulfone groups is 1. The van der Waals surface area contributed by atoms with Crippen LogP contribution in [0.2, 0.25) is 0 Å². The molecule has 10 heteroatoms. The quantitative estimate of drug-likeness (QED) is 0.622. The van der Waals surface area contributed by atoms with E-state index in [-0.39, 0.29) is 16.4 Å². The number of hydrogen-bond acceptors (Lipinski definition) is 7. The molecule has 0 unspecified atom stereocenters. The molecule has 2 N–H and O–H groups in total. The minimum Gasteiger partial charge on any atom is -0.355 e. The van der Waals surface area contributed by atoms with Crippen LogP contribution in [0.1, 0.15) is 19.4 Å². The van der Waals surface area contributed by atoms with E-state index in [0.717, 1.165) is 6.26 Å². The first-order valence-electron chi connectivity index (χ1n) is 9.03. The molecule has 0 spiro atoms. The number of anilines is 3. The first-order valence-corrected chi connectivity index (χ1v) is 10.9. The molecule has 1 aromatic carbocycles. The van der Waals surface area contributed by atoms with Crippen molar-refractivity contribution in [3.8, 4) is 17.3 Å². The summed E-state index contributed by atoms with van der Waals surface area (Å²) in [6.45, 7) is 4.04. The Bertz CT molecular complexity index is 1260. The minimum atomic E-state index is -3.51. The lowest BCUT2D eigenvalue weighted by Crippen LogP contribution is -2.08. The van der Waals surface area contributed by atoms with Crippen molar-refractivity contribution in [1.29, 1.82) is 5.26 Å². The summed E-state index contributed by atoms with van der Waals surface area (Å²) >= 11 is 0. The summed E-state index contributed by atoms with van der Waals surface area (Å²) in [5, 5.41) is 19.5. The Hall–Kier alpha value is -3.71. The number of aryl methyl sites for hydroxylation is 1. The van der Waals surface area contributed by atoms with Crippen LogP contribution in [0.15, 0.2) is 47.6 Å². The molecule has 0 saturated carbocycles. The average molecular weight is 424 g/mol. The van der Waals surface area contributed by atoms with Crippen molar-refractivity contribution >= 4 is 32.9 Å². The standard InChI is InChI=1S/C20H20N6O3S/c1-4-26-6-5-18(25-26)17-12-22-20(23-13(2)27)10-19(17)24-15-7-14(11-21)8-16(9-15)30(3,28)29/h5-10,12H,4H2,1-3H3,(H2,22,23,24,27). The number of nitriles is 1. The van der Waals surface area contributed by atoms with Gasteiger partial charge in [-0.05, 0) is 31.2 Å². The summed E-state index contributed by atoms with van der Waals surface area (Å²) in [7, 11) is -3.51. The van der Waals surface area contributed by atoms with E-state index >= 15 is 0 Å². The molecule has 9 nitrogen and oxygen atoms in total. The minimum absolute atomic E-state index is 0.0250. The van der Waals surface area contributed by atoms with Crippen LogP contribution >= 0.6 is 0 Å². The topological polar surface area (TPSA) is 130 Å². The molecule has 0 aliphatic carbocycles. The van der Waals surface area contributed by atoms with E-state index in [2.05, 4.69) is 20.7 Å². The molecular formula is C20H20N6O3S. The molecular weight excluding hydrogens is 404 g/mol. The molecule has 3 rings (SSSR count). The number of nitrogens with zero attached hydrogens (tertiary/aromatic N) is 4. The number of amides is 1. The van der Waals surface area contributed by atoms with Gasteiger partial charge in [0.25, 0.3) is 0 Å². The number of nitrogens with one attached hydrogen (secondary N) is 2. The molecule has 3 aromatic rings. The number of carbonyl (C=O) groups is 1. The number of hydrogen-bond donors (Lipinski definition) is 2. The van der Waals surface area contributed by atoms with E-state index in [9.17, 15) is 18.5 Å². The third-order valence-electron chi connectivity index (χ3n) is 4.19. The molecule has 0 aliphatic rings. The van der Waals surface area contributed by atoms with E-state index < -0.39 is 9.84 Å². The molecule has 1 amide bonds. The molecule has 0 aliphatic heterocycles. The smallest absolute Gasteiger partial charge is 0.222 e. The van der Waals surface area contributed by atoms with E-state index in [1.807, 2.05) is 25.3 Å². The lowest BCUT2D eigenvalue weighted by Gasteiger charge is -2.14. The van der Waals surface area contributed by atoms with Crippen LogP contribution in [0.25, 0.3) is 11.3 Å². The Morgan fingerprint density at radius 2 is 2.03 bits per heavy atom. The van der Waals surface area contributed by atoms with Gasteiger partial charge >= 0.3 is 0 Å². The second-order valence-corrected chi connectivity index (χ2v) is 8.62. The highest BCUT2D eigenvalue weighted by molar-refractivity contribution is 7.90. The SMILES string of the molecule is CCn1ccc(-c2cnc(NC(C)=O)cc2Nc2cc(C#N)cc(S(C)(=O)=O)c2)n1. The normalized spacial score (nSPS) is 11.0. The van der Waals surface area contributed by atoms with Crippen LogP contribution in [-0.4, -0.2) is 35.3 Å². The van der Waals surface area contributed by atoms with E-state index in [1.165, 1.54) is 19.1 Å². The molecule has 0 atom stereocenters. The Kier molecular flexibility index (Phi) is 5.84. The van der Waals surface area contributed by atoms with E-state index in [4.69, 9.17) is 0 Å². The Balaban J connectivity index is 2.11. The number of rotatable bonds is 6. The molecule has 0 fully saturated rings. The van der Waals surface area contributed by atoms with Crippen LogP contribution in [-0.2, 0) is 21.2 Å². The van der Waals surface area contributed by atoms with Gasteiger partial charge in [0.05, 0.1) is 27.9 Å². The van der Waals surface area contributed by atoms with Gasteiger partial charge in [0.1, 0.15) is 5.82 Å². The molecule has 2 heterocycles. The summed E-state index contributed by atoms with van der Waals surface area (Å²) in [6, 6.07) is 9.74. The van der Waals surface area contributed by atoms with Gasteiger partial charge < -0.3 is 10.6 Å². The highest BCUT2D eigenvalue weighted by atomic mass is 32.2. The maximum Gasteiger partial charge on any atom is 0.222 e. The Morgan fingerprint density at radius 1 is 1.27 bits per heavy atom. The van der Waals surface area contributed by atoms with Gasteiger partial charge in [-0.3, -0.25) is 9.48 Å². The summed E-state index contributed by atoms with van der Waals surface area (Å²) in [5.74, 6) is 0.0470. The summed E-state index contributed by atoms with van der Waals surface area (Å²) in [5.41, 5.74) is 2.46. The predicted molar refractivity (Wildman–Crippen MR) is 113 cm³/mol. The van der Waals surface area contributed by atoms with Gasteiger partial charge in [0.15, 0.2) is 9.84 Å². The van der Waals surface area contributed by atoms with Gasteiger partial charge in [-0.25, -0.2) is 13.4 Å². The van der Waals surface area contributed by atoms with Crippen molar-refractivity contribution < 1.29 is 13.2 Å². The average Bonchev–Trinajstić information content (AvgIpc) is 3.15. The second-order valence-electron chi connectivity index (χ2n) is 6.61. The van der Waals surface area contributed by atoms with Crippen molar-refractivity contribution in [2.75, 3.05) is 16.9 Å². The van der Waals surface area contributed by atoms with E-state index in [0.29, 0.717) is 35.0 Å². The van der Waals surface area contributed by atoms with Crippen LogP contribution in [0, 0.1) is 11.3 Å². The maximum absolute atomic E-state index is 12.0. The number of aromatic nitrogens is 3. The van der Waals surface area contributed by atoms with Crippen molar-refractivity contribution in [2.45, 2.75) is 25.3 Å². The zero-order chi connectivity index (χ0) is 21.9. The molecule has 154 valence electrons. The third-order valence-corrected chi connectivity index (χ3v) is 5.28. The van der Waals surface area contributed by atoms with Crippen molar-refractivity contribution in [2.24, 2.45) is 0 Å². The van der Waals surface area contributed by atoms with Crippen LogP contribution in [0.5, 0.6) is 0 Å². The monoisotopic (exact) mass is 424 g/mol. The fourth-order valence-electron chi connectivity index (χ4n) is 2.80. The van der Waals surface area contributed by atoms with Crippen molar-refractivity contribution in [1.82, 2.24) is 14.8 Å². The Morgan fingerprint density at radius 3 is 2.63 bits per heavy atom. The van der Waals surface area contributed by atoms with Gasteiger partial charge in [-0.15, -0.1) is 0 Å². The Labute approximate surface area is 174 Å². The van der Waals surface area contributed by atoms with Gasteiger partial charge in [-0.1, -0.05) is 0 Å². The first kappa shape index (κ1) is 21.0. The largest absolute Gasteiger partial charge is 0.355 e. The van der Waals surface area contributed by atoms with Gasteiger partial charge in [-0.2, -0.15) is 10.4 Å². The maximum atomic E-state index is 12.0. The molecule has 0 radical (unpaired) electrons. The van der Waals surface area contributed by atoms with Gasteiger partial charge in [0, 0.05) is 49.4 Å². The third kappa shape index (κ3) is 4.82. The highest BCUT2D eigenvalue weighted by Gasteiger charge is 2.14. The molecule has 0 saturated heterocycles. The molecule has 30 heavy (non-hydrogen) atoms. The number of carbonyl (C=O) groups excluding carboxylic acids is 1. The number of pyridine rings is 1. The fourth-order valence-corrected chi connectivity index (χ4v) is 3.48. The number of benzene rings is 1. The fraction of sp³-hybridized carbons (Fsp3) is 0.200. The van der Waals surface area contributed by atoms with Crippen molar-refractivity contribution in [3.05, 3.63) is 48.3 Å². The second kappa shape index (κ2) is 8.34. The summed E-state index contributed by atoms with van der Waals surface area (Å²) in [6.07, 6.45) is 4.48. The molecule has 0 bridgehead atoms. The van der Waals surface area contributed by atoms with E-state index in [1.54, 1.807) is 23.0 Å². The van der Waals surface area contributed by atoms with Crippen LogP contribution in [0.3, 0.4) is 0 Å². The summed E-state index contributed by atoms with van der Waals surface area (Å²) in [4.78, 5) is 15.7. The lowest BCUT2D eigenvalue weighted by molar-refractivity contribution is -0.114. The van der Waals surface area contributed by atoms with Crippen molar-refractivity contribution in [3.63, 3.8) is 0 Å². The highest BCUT2D eigenvalue weighted by Crippen LogP contribution is 2.32.